The van der Waals surface area contributed by atoms with E-state index in [1.807, 2.05) is 19.0 Å². The Bertz CT molecular complexity index is 854. The number of hydrogen-bond donors (Lipinski definition) is 1. The first-order valence-corrected chi connectivity index (χ1v) is 7.72. The van der Waals surface area contributed by atoms with Gasteiger partial charge in [0.05, 0.1) is 18.4 Å². The van der Waals surface area contributed by atoms with E-state index in [1.54, 1.807) is 29.2 Å². The molecule has 8 heteroatoms. The van der Waals surface area contributed by atoms with Crippen LogP contribution in [0.15, 0.2) is 47.2 Å². The molecule has 0 aliphatic heterocycles. The van der Waals surface area contributed by atoms with E-state index in [4.69, 9.17) is 4.52 Å². The van der Waals surface area contributed by atoms with Crippen molar-refractivity contribution in [2.45, 2.75) is 6.54 Å². The van der Waals surface area contributed by atoms with Crippen LogP contribution in [-0.4, -0.2) is 46.4 Å². The first kappa shape index (κ1) is 16.8. The Kier molecular flexibility index (Phi) is 4.90. The van der Waals surface area contributed by atoms with Crippen molar-refractivity contribution >= 4 is 11.6 Å². The second-order valence-electron chi connectivity index (χ2n) is 5.83. The minimum absolute atomic E-state index is 0.139. The molecule has 2 heterocycles. The van der Waals surface area contributed by atoms with Gasteiger partial charge in [-0.2, -0.15) is 5.10 Å². The molecule has 0 spiro atoms. The molecule has 3 aromatic rings. The summed E-state index contributed by atoms with van der Waals surface area (Å²) in [5.41, 5.74) is 1.36. The van der Waals surface area contributed by atoms with Crippen molar-refractivity contribution in [3.8, 4) is 11.3 Å². The Morgan fingerprint density at radius 1 is 1.32 bits per heavy atom. The number of anilines is 1. The van der Waals surface area contributed by atoms with E-state index in [-0.39, 0.29) is 11.5 Å². The molecule has 7 nitrogen and oxygen atoms in total. The number of rotatable bonds is 6. The molecule has 0 fully saturated rings. The van der Waals surface area contributed by atoms with Crippen LogP contribution < -0.4 is 5.32 Å². The second-order valence-corrected chi connectivity index (χ2v) is 5.83. The van der Waals surface area contributed by atoms with Crippen LogP contribution in [0.1, 0.15) is 10.5 Å². The Balaban J connectivity index is 1.65. The molecule has 0 saturated carbocycles. The number of carbonyl (C=O) groups excluding carboxylic acids is 1. The molecular formula is C17H18FN5O2. The average Bonchev–Trinajstić information content (AvgIpc) is 3.23. The quantitative estimate of drug-likeness (QED) is 0.744. The second kappa shape index (κ2) is 7.27. The highest BCUT2D eigenvalue weighted by molar-refractivity contribution is 6.03. The van der Waals surface area contributed by atoms with Crippen molar-refractivity contribution in [2.75, 3.05) is 26.0 Å². The molecule has 1 amide bonds. The lowest BCUT2D eigenvalue weighted by atomic mass is 10.1. The molecule has 0 unspecified atom stereocenters. The van der Waals surface area contributed by atoms with Crippen molar-refractivity contribution in [3.63, 3.8) is 0 Å². The van der Waals surface area contributed by atoms with Gasteiger partial charge in [0.1, 0.15) is 5.82 Å². The van der Waals surface area contributed by atoms with Gasteiger partial charge in [-0.3, -0.25) is 9.48 Å². The fourth-order valence-corrected chi connectivity index (χ4v) is 2.18. The standard InChI is InChI=1S/C17H18FN5O2/c1-22(2)7-8-23-11-14(10-19-23)20-17(24)15-9-16(25-21-15)12-3-5-13(18)6-4-12/h3-6,9-11H,7-8H2,1-2H3,(H,20,24). The number of benzene rings is 1. The summed E-state index contributed by atoms with van der Waals surface area (Å²) in [4.78, 5) is 14.3. The Morgan fingerprint density at radius 2 is 2.08 bits per heavy atom. The van der Waals surface area contributed by atoms with Gasteiger partial charge < -0.3 is 14.7 Å². The monoisotopic (exact) mass is 343 g/mol. The molecule has 2 aromatic heterocycles. The van der Waals surface area contributed by atoms with Gasteiger partial charge in [-0.15, -0.1) is 0 Å². The normalized spacial score (nSPS) is 11.0. The maximum absolute atomic E-state index is 13.0. The van der Waals surface area contributed by atoms with Gasteiger partial charge in [0, 0.05) is 24.4 Å². The van der Waals surface area contributed by atoms with Gasteiger partial charge in [-0.05, 0) is 38.4 Å². The van der Waals surface area contributed by atoms with E-state index in [2.05, 4.69) is 15.6 Å². The van der Waals surface area contributed by atoms with Crippen LogP contribution in [0.2, 0.25) is 0 Å². The van der Waals surface area contributed by atoms with Gasteiger partial charge in [0.25, 0.3) is 5.91 Å². The first-order chi connectivity index (χ1) is 12.0. The van der Waals surface area contributed by atoms with Crippen LogP contribution in [0.25, 0.3) is 11.3 Å². The highest BCUT2D eigenvalue weighted by Crippen LogP contribution is 2.21. The van der Waals surface area contributed by atoms with Crippen molar-refractivity contribution < 1.29 is 13.7 Å². The summed E-state index contributed by atoms with van der Waals surface area (Å²) in [6.45, 7) is 1.57. The molecule has 0 atom stereocenters. The highest BCUT2D eigenvalue weighted by Gasteiger charge is 2.14. The summed E-state index contributed by atoms with van der Waals surface area (Å²) in [6.07, 6.45) is 3.33. The number of likely N-dealkylation sites (N-methyl/N-ethyl adjacent to an activating group) is 1. The predicted molar refractivity (Wildman–Crippen MR) is 90.6 cm³/mol. The van der Waals surface area contributed by atoms with Crippen molar-refractivity contribution in [2.24, 2.45) is 0 Å². The number of aromatic nitrogens is 3. The maximum Gasteiger partial charge on any atom is 0.277 e. The maximum atomic E-state index is 13.0. The zero-order valence-corrected chi connectivity index (χ0v) is 13.9. The van der Waals surface area contributed by atoms with Crippen LogP contribution in [-0.2, 0) is 6.54 Å². The van der Waals surface area contributed by atoms with Gasteiger partial charge in [0.15, 0.2) is 11.5 Å². The number of amides is 1. The molecule has 0 aliphatic carbocycles. The van der Waals surface area contributed by atoms with E-state index in [0.29, 0.717) is 17.0 Å². The van der Waals surface area contributed by atoms with Crippen molar-refractivity contribution in [3.05, 3.63) is 54.2 Å². The molecule has 0 bridgehead atoms. The third kappa shape index (κ3) is 4.30. The number of nitrogens with one attached hydrogen (secondary N) is 1. The van der Waals surface area contributed by atoms with Crippen LogP contribution in [0, 0.1) is 5.82 Å². The fraction of sp³-hybridized carbons (Fsp3) is 0.235. The fourth-order valence-electron chi connectivity index (χ4n) is 2.18. The van der Waals surface area contributed by atoms with E-state index in [1.165, 1.54) is 18.2 Å². The summed E-state index contributed by atoms with van der Waals surface area (Å²) in [5, 5.41) is 10.7. The molecule has 1 N–H and O–H groups in total. The summed E-state index contributed by atoms with van der Waals surface area (Å²) in [7, 11) is 3.96. The smallest absolute Gasteiger partial charge is 0.277 e. The Morgan fingerprint density at radius 3 is 2.80 bits per heavy atom. The van der Waals surface area contributed by atoms with Gasteiger partial charge in [-0.25, -0.2) is 4.39 Å². The van der Waals surface area contributed by atoms with E-state index < -0.39 is 5.91 Å². The number of nitrogens with zero attached hydrogens (tertiary/aromatic N) is 4. The van der Waals surface area contributed by atoms with Crippen LogP contribution in [0.4, 0.5) is 10.1 Å². The van der Waals surface area contributed by atoms with E-state index in [9.17, 15) is 9.18 Å². The van der Waals surface area contributed by atoms with Crippen LogP contribution in [0.3, 0.4) is 0 Å². The summed E-state index contributed by atoms with van der Waals surface area (Å²) < 4.78 is 19.9. The molecular weight excluding hydrogens is 325 g/mol. The van der Waals surface area contributed by atoms with Gasteiger partial charge >= 0.3 is 0 Å². The van der Waals surface area contributed by atoms with E-state index in [0.717, 1.165) is 13.1 Å². The Labute approximate surface area is 144 Å². The van der Waals surface area contributed by atoms with Crippen LogP contribution >= 0.6 is 0 Å². The lowest BCUT2D eigenvalue weighted by molar-refractivity contribution is 0.101. The minimum atomic E-state index is -0.399. The minimum Gasteiger partial charge on any atom is -0.355 e. The SMILES string of the molecule is CN(C)CCn1cc(NC(=O)c2cc(-c3ccc(F)cc3)on2)cn1. The molecule has 0 radical (unpaired) electrons. The molecule has 3 rings (SSSR count). The zero-order valence-electron chi connectivity index (χ0n) is 13.9. The van der Waals surface area contributed by atoms with E-state index >= 15 is 0 Å². The predicted octanol–water partition coefficient (Wildman–Crippen LogP) is 2.49. The third-order valence-electron chi connectivity index (χ3n) is 3.54. The third-order valence-corrected chi connectivity index (χ3v) is 3.54. The molecule has 1 aromatic carbocycles. The van der Waals surface area contributed by atoms with Crippen LogP contribution in [0.5, 0.6) is 0 Å². The average molecular weight is 343 g/mol. The molecule has 130 valence electrons. The number of halogens is 1. The zero-order chi connectivity index (χ0) is 17.8. The van der Waals surface area contributed by atoms with Crippen molar-refractivity contribution in [1.29, 1.82) is 0 Å². The summed E-state index contributed by atoms with van der Waals surface area (Å²) in [6, 6.07) is 7.27. The number of carbonyl (C=O) groups is 1. The lowest BCUT2D eigenvalue weighted by Gasteiger charge is -2.08. The molecule has 25 heavy (non-hydrogen) atoms. The first-order valence-electron chi connectivity index (χ1n) is 7.72. The summed E-state index contributed by atoms with van der Waals surface area (Å²) in [5.74, 6) is -0.344. The lowest BCUT2D eigenvalue weighted by Crippen LogP contribution is -2.18. The summed E-state index contributed by atoms with van der Waals surface area (Å²) >= 11 is 0. The van der Waals surface area contributed by atoms with Gasteiger partial charge in [-0.1, -0.05) is 5.16 Å². The Hall–Kier alpha value is -3.00. The van der Waals surface area contributed by atoms with Gasteiger partial charge in [0.2, 0.25) is 0 Å². The number of hydrogen-bond acceptors (Lipinski definition) is 5. The topological polar surface area (TPSA) is 76.2 Å². The highest BCUT2D eigenvalue weighted by atomic mass is 19.1. The largest absolute Gasteiger partial charge is 0.355 e. The van der Waals surface area contributed by atoms with Crippen molar-refractivity contribution in [1.82, 2.24) is 19.8 Å². The molecule has 0 saturated heterocycles. The molecule has 0 aliphatic rings.